The van der Waals surface area contributed by atoms with Crippen molar-refractivity contribution in [3.63, 3.8) is 0 Å². The van der Waals surface area contributed by atoms with Crippen molar-refractivity contribution in [3.05, 3.63) is 0 Å². The summed E-state index contributed by atoms with van der Waals surface area (Å²) >= 11 is 0. The van der Waals surface area contributed by atoms with Crippen LogP contribution in [0.2, 0.25) is 0 Å². The third-order valence-electron chi connectivity index (χ3n) is 4.42. The fourth-order valence-corrected chi connectivity index (χ4v) is 3.31. The summed E-state index contributed by atoms with van der Waals surface area (Å²) in [5.41, 5.74) is -0.391. The van der Waals surface area contributed by atoms with E-state index in [4.69, 9.17) is 4.74 Å². The topological polar surface area (TPSA) is 43.4 Å². The van der Waals surface area contributed by atoms with Gasteiger partial charge in [0.05, 0.1) is 13.0 Å². The average Bonchev–Trinajstić information content (AvgIpc) is 2.43. The Labute approximate surface area is 96.5 Å². The number of carbonyl (C=O) groups is 2. The first-order valence-corrected chi connectivity index (χ1v) is 6.24. The predicted molar refractivity (Wildman–Crippen MR) is 59.8 cm³/mol. The van der Waals surface area contributed by atoms with Crippen LogP contribution in [0.4, 0.5) is 0 Å². The van der Waals surface area contributed by atoms with Crippen molar-refractivity contribution >= 4 is 11.8 Å². The Morgan fingerprint density at radius 2 is 1.81 bits per heavy atom. The first-order valence-electron chi connectivity index (χ1n) is 6.24. The molecule has 0 aromatic carbocycles. The second-order valence-corrected chi connectivity index (χ2v) is 5.32. The van der Waals surface area contributed by atoms with Gasteiger partial charge >= 0.3 is 5.97 Å². The molecule has 2 aliphatic rings. The number of fused-ring (bicyclic) bond motifs is 1. The van der Waals surface area contributed by atoms with Crippen LogP contribution in [-0.4, -0.2) is 18.4 Å². The number of ether oxygens (including phenoxy) is 1. The van der Waals surface area contributed by atoms with Crippen molar-refractivity contribution in [2.24, 2.45) is 17.3 Å². The predicted octanol–water partition coefficient (Wildman–Crippen LogP) is 2.33. The van der Waals surface area contributed by atoms with Gasteiger partial charge < -0.3 is 4.74 Å². The molecular formula is C13H20O3. The third-order valence-corrected chi connectivity index (χ3v) is 4.42. The molecule has 2 aliphatic carbocycles. The molecule has 0 aliphatic heterocycles. The molecule has 0 radical (unpaired) electrons. The Balaban J connectivity index is 2.05. The average molecular weight is 224 g/mol. The number of ketones is 1. The van der Waals surface area contributed by atoms with Crippen LogP contribution in [0.5, 0.6) is 0 Å². The zero-order valence-electron chi connectivity index (χ0n) is 10.1. The van der Waals surface area contributed by atoms with E-state index in [1.54, 1.807) is 13.8 Å². The van der Waals surface area contributed by atoms with Gasteiger partial charge in [-0.2, -0.15) is 0 Å². The number of hydrogen-bond acceptors (Lipinski definition) is 3. The molecule has 0 spiro atoms. The molecule has 3 atom stereocenters. The lowest BCUT2D eigenvalue weighted by atomic mass is 9.77. The molecule has 0 aromatic heterocycles. The highest BCUT2D eigenvalue weighted by Crippen LogP contribution is 2.57. The van der Waals surface area contributed by atoms with Gasteiger partial charge in [0.15, 0.2) is 0 Å². The van der Waals surface area contributed by atoms with Crippen molar-refractivity contribution in [1.29, 1.82) is 0 Å². The van der Waals surface area contributed by atoms with Crippen LogP contribution >= 0.6 is 0 Å². The van der Waals surface area contributed by atoms with E-state index in [1.807, 2.05) is 0 Å². The second-order valence-electron chi connectivity index (χ2n) is 5.32. The summed E-state index contributed by atoms with van der Waals surface area (Å²) in [6, 6.07) is 0. The summed E-state index contributed by atoms with van der Waals surface area (Å²) < 4.78 is 4.98. The largest absolute Gasteiger partial charge is 0.466 e. The first-order chi connectivity index (χ1) is 7.57. The van der Waals surface area contributed by atoms with Crippen molar-refractivity contribution < 1.29 is 14.3 Å². The molecule has 3 nitrogen and oxygen atoms in total. The molecule has 0 heterocycles. The van der Waals surface area contributed by atoms with E-state index >= 15 is 0 Å². The fraction of sp³-hybridized carbons (Fsp3) is 0.846. The van der Waals surface area contributed by atoms with Crippen LogP contribution in [-0.2, 0) is 14.3 Å². The number of hydrogen-bond donors (Lipinski definition) is 0. The van der Waals surface area contributed by atoms with Gasteiger partial charge in [-0.1, -0.05) is 0 Å². The molecule has 0 saturated heterocycles. The normalized spacial score (nSPS) is 36.4. The molecule has 3 heteroatoms. The Bertz CT molecular complexity index is 296. The van der Waals surface area contributed by atoms with E-state index in [1.165, 1.54) is 12.8 Å². The van der Waals surface area contributed by atoms with Crippen molar-refractivity contribution in [3.8, 4) is 0 Å². The van der Waals surface area contributed by atoms with Gasteiger partial charge in [-0.25, -0.2) is 0 Å². The molecular weight excluding hydrogens is 204 g/mol. The summed E-state index contributed by atoms with van der Waals surface area (Å²) in [4.78, 5) is 23.4. The lowest BCUT2D eigenvalue weighted by molar-refractivity contribution is -0.149. The lowest BCUT2D eigenvalue weighted by Crippen LogP contribution is -2.30. The summed E-state index contributed by atoms with van der Waals surface area (Å²) in [7, 11) is 0. The Hall–Kier alpha value is -0.860. The molecule has 0 N–H and O–H groups in total. The van der Waals surface area contributed by atoms with Gasteiger partial charge in [-0.05, 0) is 51.4 Å². The highest BCUT2D eigenvalue weighted by molar-refractivity contribution is 5.87. The zero-order chi connectivity index (χ0) is 11.8. The van der Waals surface area contributed by atoms with E-state index in [9.17, 15) is 9.59 Å². The standard InChI is InChI=1S/C13H20O3/c1-3-16-12(15)8-13(9(2)14)6-10-4-5-11(10)7-13/h10-11H,3-8H2,1-2H3/t10-,11+,13?. The van der Waals surface area contributed by atoms with Crippen LogP contribution in [0.25, 0.3) is 0 Å². The lowest BCUT2D eigenvalue weighted by Gasteiger charge is -2.29. The second kappa shape index (κ2) is 4.19. The van der Waals surface area contributed by atoms with Gasteiger partial charge in [-0.3, -0.25) is 9.59 Å². The van der Waals surface area contributed by atoms with Gasteiger partial charge in [-0.15, -0.1) is 0 Å². The molecule has 0 aromatic rings. The van der Waals surface area contributed by atoms with Crippen LogP contribution in [0.15, 0.2) is 0 Å². The van der Waals surface area contributed by atoms with Crippen molar-refractivity contribution in [1.82, 2.24) is 0 Å². The summed E-state index contributed by atoms with van der Waals surface area (Å²) in [6.07, 6.45) is 4.59. The van der Waals surface area contributed by atoms with Gasteiger partial charge in [0.25, 0.3) is 0 Å². The molecule has 1 unspecified atom stereocenters. The third kappa shape index (κ3) is 1.87. The Morgan fingerprint density at radius 3 is 2.19 bits per heavy atom. The van der Waals surface area contributed by atoms with E-state index < -0.39 is 5.41 Å². The molecule has 90 valence electrons. The summed E-state index contributed by atoms with van der Waals surface area (Å²) in [6.45, 7) is 3.83. The molecule has 0 amide bonds. The van der Waals surface area contributed by atoms with Gasteiger partial charge in [0, 0.05) is 5.41 Å². The van der Waals surface area contributed by atoms with Gasteiger partial charge in [0.2, 0.25) is 0 Å². The summed E-state index contributed by atoms with van der Waals surface area (Å²) in [5, 5.41) is 0. The van der Waals surface area contributed by atoms with E-state index in [-0.39, 0.29) is 11.8 Å². The fourth-order valence-electron chi connectivity index (χ4n) is 3.31. The van der Waals surface area contributed by atoms with E-state index in [2.05, 4.69) is 0 Å². The quantitative estimate of drug-likeness (QED) is 0.688. The minimum absolute atomic E-state index is 0.176. The number of rotatable bonds is 4. The number of carbonyl (C=O) groups excluding carboxylic acids is 2. The van der Waals surface area contributed by atoms with Crippen LogP contribution < -0.4 is 0 Å². The smallest absolute Gasteiger partial charge is 0.306 e. The van der Waals surface area contributed by atoms with E-state index in [0.29, 0.717) is 24.9 Å². The van der Waals surface area contributed by atoms with Gasteiger partial charge in [0.1, 0.15) is 5.78 Å². The maximum atomic E-state index is 11.8. The maximum absolute atomic E-state index is 11.8. The number of Topliss-reactive ketones (excluding diaryl/α,β-unsaturated/α-hetero) is 1. The Morgan fingerprint density at radius 1 is 1.25 bits per heavy atom. The highest BCUT2D eigenvalue weighted by atomic mass is 16.5. The first kappa shape index (κ1) is 11.6. The number of esters is 1. The van der Waals surface area contributed by atoms with Crippen LogP contribution in [0.3, 0.4) is 0 Å². The SMILES string of the molecule is CCOC(=O)CC1(C(C)=O)C[C@H]2CC[C@H]2C1. The molecule has 2 fully saturated rings. The van der Waals surface area contributed by atoms with Crippen LogP contribution in [0, 0.1) is 17.3 Å². The monoisotopic (exact) mass is 224 g/mol. The molecule has 16 heavy (non-hydrogen) atoms. The van der Waals surface area contributed by atoms with Crippen LogP contribution in [0.1, 0.15) is 46.0 Å². The minimum atomic E-state index is -0.391. The van der Waals surface area contributed by atoms with E-state index in [0.717, 1.165) is 12.8 Å². The highest BCUT2D eigenvalue weighted by Gasteiger charge is 2.52. The maximum Gasteiger partial charge on any atom is 0.306 e. The minimum Gasteiger partial charge on any atom is -0.466 e. The van der Waals surface area contributed by atoms with Crippen molar-refractivity contribution in [2.45, 2.75) is 46.0 Å². The zero-order valence-corrected chi connectivity index (χ0v) is 10.1. The molecule has 0 bridgehead atoms. The molecule has 2 saturated carbocycles. The summed E-state index contributed by atoms with van der Waals surface area (Å²) in [5.74, 6) is 1.35. The van der Waals surface area contributed by atoms with Crippen molar-refractivity contribution in [2.75, 3.05) is 6.61 Å². The Kier molecular flexibility index (Phi) is 3.04. The molecule has 2 rings (SSSR count).